The average Bonchev–Trinajstić information content (AvgIpc) is 3.06. The molecule has 0 saturated heterocycles. The molecule has 4 aromatic rings. The van der Waals surface area contributed by atoms with Crippen LogP contribution >= 0.6 is 0 Å². The molecule has 4 rings (SSSR count). The fraction of sp³-hybridized carbons (Fsp3) is 0.359. The van der Waals surface area contributed by atoms with Crippen LogP contribution in [0.1, 0.15) is 77.9 Å². The minimum atomic E-state index is -3.59. The van der Waals surface area contributed by atoms with Crippen LogP contribution in [-0.2, 0) is 21.4 Å². The first-order chi connectivity index (χ1) is 23.3. The maximum absolute atomic E-state index is 12.5. The summed E-state index contributed by atoms with van der Waals surface area (Å²) < 4.78 is 44.1. The molecule has 0 aromatic heterocycles. The Morgan fingerprint density at radius 3 is 2.20 bits per heavy atom. The summed E-state index contributed by atoms with van der Waals surface area (Å²) in [6, 6.07) is 24.2. The second kappa shape index (κ2) is 16.8. The molecule has 0 spiro atoms. The van der Waals surface area contributed by atoms with Gasteiger partial charge in [0.1, 0.15) is 24.7 Å². The standard InChI is InChI=1S/C39H48N2O7S/c1-8-46-39(43)33-16-14-30(22-34(33)25(2)3)32-20-26(4)38(27(5)21-32)47-19-18-40-28(6)37(42)31-15-17-36(35(23-31)41-49(7,44)45)48-24-29-12-10-9-11-13-29/h9-17,20-23,25,28,37,40-42H,8,18-19,24H2,1-7H3/t28-,37-/m0/s1. The molecule has 0 saturated carbocycles. The summed E-state index contributed by atoms with van der Waals surface area (Å²) in [5.41, 5.74) is 7.32. The van der Waals surface area contributed by atoms with E-state index in [9.17, 15) is 18.3 Å². The molecule has 2 atom stereocenters. The Hall–Kier alpha value is -4.38. The van der Waals surface area contributed by atoms with E-state index in [-0.39, 0.29) is 30.2 Å². The number of aliphatic hydroxyl groups is 1. The van der Waals surface area contributed by atoms with Crippen molar-refractivity contribution in [3.63, 3.8) is 0 Å². The zero-order valence-electron chi connectivity index (χ0n) is 29.4. The van der Waals surface area contributed by atoms with E-state index >= 15 is 0 Å². The van der Waals surface area contributed by atoms with Gasteiger partial charge in [0.15, 0.2) is 0 Å². The van der Waals surface area contributed by atoms with Crippen LogP contribution in [0.2, 0.25) is 0 Å². The summed E-state index contributed by atoms with van der Waals surface area (Å²) in [6.45, 7) is 13.3. The number of benzene rings is 4. The van der Waals surface area contributed by atoms with Gasteiger partial charge < -0.3 is 24.6 Å². The number of rotatable bonds is 16. The molecule has 0 unspecified atom stereocenters. The van der Waals surface area contributed by atoms with Crippen molar-refractivity contribution in [3.8, 4) is 22.6 Å². The first-order valence-electron chi connectivity index (χ1n) is 16.5. The van der Waals surface area contributed by atoms with Crippen molar-refractivity contribution in [1.29, 1.82) is 0 Å². The van der Waals surface area contributed by atoms with Crippen molar-refractivity contribution in [2.45, 2.75) is 66.2 Å². The molecule has 0 heterocycles. The summed E-state index contributed by atoms with van der Waals surface area (Å²) in [7, 11) is -3.59. The summed E-state index contributed by atoms with van der Waals surface area (Å²) in [5.74, 6) is 1.01. The monoisotopic (exact) mass is 688 g/mol. The minimum Gasteiger partial charge on any atom is -0.492 e. The smallest absolute Gasteiger partial charge is 0.338 e. The first kappa shape index (κ1) is 37.4. The van der Waals surface area contributed by atoms with E-state index in [2.05, 4.69) is 42.1 Å². The number of aryl methyl sites for hydroxylation is 2. The van der Waals surface area contributed by atoms with Crippen LogP contribution in [0.25, 0.3) is 11.1 Å². The highest BCUT2D eigenvalue weighted by molar-refractivity contribution is 7.92. The summed E-state index contributed by atoms with van der Waals surface area (Å²) in [4.78, 5) is 12.5. The fourth-order valence-electron chi connectivity index (χ4n) is 5.67. The highest BCUT2D eigenvalue weighted by atomic mass is 32.2. The maximum atomic E-state index is 12.5. The predicted octanol–water partition coefficient (Wildman–Crippen LogP) is 7.31. The molecule has 0 aliphatic heterocycles. The lowest BCUT2D eigenvalue weighted by atomic mass is 9.91. The molecule has 4 aromatic carbocycles. The SMILES string of the molecule is CCOC(=O)c1ccc(-c2cc(C)c(OCCN[C@@H](C)[C@H](O)c3ccc(OCc4ccccc4)c(NS(C)(=O)=O)c3)c(C)c2)cc1C(C)C. The van der Waals surface area contributed by atoms with Crippen molar-refractivity contribution < 1.29 is 32.5 Å². The van der Waals surface area contributed by atoms with E-state index in [1.807, 2.05) is 63.2 Å². The van der Waals surface area contributed by atoms with Crippen molar-refractivity contribution in [2.75, 3.05) is 30.7 Å². The third-order valence-corrected chi connectivity index (χ3v) is 8.72. The van der Waals surface area contributed by atoms with Crippen molar-refractivity contribution in [1.82, 2.24) is 5.32 Å². The predicted molar refractivity (Wildman–Crippen MR) is 195 cm³/mol. The van der Waals surface area contributed by atoms with Gasteiger partial charge in [-0.2, -0.15) is 0 Å². The van der Waals surface area contributed by atoms with Crippen molar-refractivity contribution >= 4 is 21.7 Å². The molecule has 0 aliphatic rings. The third-order valence-electron chi connectivity index (χ3n) is 8.13. The van der Waals surface area contributed by atoms with Gasteiger partial charge in [0.05, 0.1) is 30.2 Å². The van der Waals surface area contributed by atoms with Crippen LogP contribution in [0.3, 0.4) is 0 Å². The number of aliphatic hydroxyl groups excluding tert-OH is 1. The Kier molecular flexibility index (Phi) is 12.9. The maximum Gasteiger partial charge on any atom is 0.338 e. The highest BCUT2D eigenvalue weighted by Gasteiger charge is 2.20. The van der Waals surface area contributed by atoms with Gasteiger partial charge in [-0.25, -0.2) is 13.2 Å². The highest BCUT2D eigenvalue weighted by Crippen LogP contribution is 2.34. The Bertz CT molecular complexity index is 1820. The Morgan fingerprint density at radius 2 is 1.57 bits per heavy atom. The van der Waals surface area contributed by atoms with E-state index in [1.165, 1.54) is 0 Å². The van der Waals surface area contributed by atoms with Crippen LogP contribution in [0.15, 0.2) is 78.9 Å². The summed E-state index contributed by atoms with van der Waals surface area (Å²) >= 11 is 0. The van der Waals surface area contributed by atoms with E-state index < -0.39 is 16.1 Å². The molecule has 0 aliphatic carbocycles. The molecule has 0 radical (unpaired) electrons. The number of hydrogen-bond donors (Lipinski definition) is 3. The van der Waals surface area contributed by atoms with E-state index in [0.29, 0.717) is 36.6 Å². The second-order valence-electron chi connectivity index (χ2n) is 12.6. The van der Waals surface area contributed by atoms with Gasteiger partial charge in [0, 0.05) is 12.6 Å². The number of carbonyl (C=O) groups is 1. The van der Waals surface area contributed by atoms with Crippen molar-refractivity contribution in [2.24, 2.45) is 0 Å². The minimum absolute atomic E-state index is 0.155. The van der Waals surface area contributed by atoms with Crippen LogP contribution in [-0.4, -0.2) is 51.5 Å². The zero-order chi connectivity index (χ0) is 35.7. The largest absolute Gasteiger partial charge is 0.492 e. The molecule has 0 fully saturated rings. The van der Waals surface area contributed by atoms with E-state index in [4.69, 9.17) is 14.2 Å². The van der Waals surface area contributed by atoms with Gasteiger partial charge in [0.2, 0.25) is 10.0 Å². The van der Waals surface area contributed by atoms with Gasteiger partial charge in [-0.3, -0.25) is 4.72 Å². The van der Waals surface area contributed by atoms with Gasteiger partial charge >= 0.3 is 5.97 Å². The van der Waals surface area contributed by atoms with Crippen LogP contribution in [0.5, 0.6) is 11.5 Å². The number of anilines is 1. The number of carbonyl (C=O) groups excluding carboxylic acids is 1. The number of ether oxygens (including phenoxy) is 3. The number of sulfonamides is 1. The molecule has 10 heteroatoms. The number of nitrogens with one attached hydrogen (secondary N) is 2. The van der Waals surface area contributed by atoms with E-state index in [0.717, 1.165) is 45.4 Å². The molecule has 0 amide bonds. The van der Waals surface area contributed by atoms with Crippen molar-refractivity contribution in [3.05, 3.63) is 112 Å². The van der Waals surface area contributed by atoms with Crippen LogP contribution in [0.4, 0.5) is 5.69 Å². The average molecular weight is 689 g/mol. The topological polar surface area (TPSA) is 123 Å². The number of esters is 1. The normalized spacial score (nSPS) is 12.8. The lowest BCUT2D eigenvalue weighted by Crippen LogP contribution is -2.35. The summed E-state index contributed by atoms with van der Waals surface area (Å²) in [6.07, 6.45) is 0.155. The zero-order valence-corrected chi connectivity index (χ0v) is 30.2. The Morgan fingerprint density at radius 1 is 0.878 bits per heavy atom. The van der Waals surface area contributed by atoms with Crippen LogP contribution < -0.4 is 19.5 Å². The number of hydrogen-bond acceptors (Lipinski definition) is 8. The molecular formula is C39H48N2O7S. The fourth-order valence-corrected chi connectivity index (χ4v) is 6.23. The molecule has 49 heavy (non-hydrogen) atoms. The lowest BCUT2D eigenvalue weighted by molar-refractivity contribution is 0.0524. The lowest BCUT2D eigenvalue weighted by Gasteiger charge is -2.23. The molecule has 262 valence electrons. The second-order valence-corrected chi connectivity index (χ2v) is 14.3. The van der Waals surface area contributed by atoms with Gasteiger partial charge in [-0.1, -0.05) is 62.4 Å². The van der Waals surface area contributed by atoms with Gasteiger partial charge in [-0.15, -0.1) is 0 Å². The molecule has 9 nitrogen and oxygen atoms in total. The van der Waals surface area contributed by atoms with E-state index in [1.54, 1.807) is 25.1 Å². The molecular weight excluding hydrogens is 641 g/mol. The van der Waals surface area contributed by atoms with Gasteiger partial charge in [0.25, 0.3) is 0 Å². The van der Waals surface area contributed by atoms with Gasteiger partial charge in [-0.05, 0) is 103 Å². The summed E-state index contributed by atoms with van der Waals surface area (Å²) in [5, 5.41) is 14.4. The Labute approximate surface area is 290 Å². The first-order valence-corrected chi connectivity index (χ1v) is 18.4. The quantitative estimate of drug-likeness (QED) is 0.0828. The Balaban J connectivity index is 1.38. The van der Waals surface area contributed by atoms with Crippen LogP contribution in [0, 0.1) is 13.8 Å². The molecule has 0 bridgehead atoms. The molecule has 3 N–H and O–H groups in total. The third kappa shape index (κ3) is 10.3.